The van der Waals surface area contributed by atoms with Gasteiger partial charge < -0.3 is 5.11 Å². The second-order valence-electron chi connectivity index (χ2n) is 1.56. The molecule has 0 unspecified atom stereocenters. The van der Waals surface area contributed by atoms with Crippen LogP contribution in [0.2, 0.25) is 0 Å². The summed E-state index contributed by atoms with van der Waals surface area (Å²) in [5.41, 5.74) is -0.589. The molecule has 0 bridgehead atoms. The third-order valence-electron chi connectivity index (χ3n) is 0.794. The van der Waals surface area contributed by atoms with E-state index in [0.29, 0.717) is 0 Å². The second-order valence-corrected chi connectivity index (χ2v) is 1.56. The van der Waals surface area contributed by atoms with Gasteiger partial charge in [-0.25, -0.2) is 4.79 Å². The molecule has 0 heterocycles. The summed E-state index contributed by atoms with van der Waals surface area (Å²) in [5, 5.41) is 8.57. The van der Waals surface area contributed by atoms with Crippen LogP contribution in [0.4, 0.5) is 0 Å². The summed E-state index contributed by atoms with van der Waals surface area (Å²) in [6.07, 6.45) is 0. The maximum Gasteiger partial charge on any atom is 0.328 e. The molecule has 0 fully saturated rings. The summed E-state index contributed by atoms with van der Waals surface area (Å²) >= 11 is 0. The minimum absolute atomic E-state index is 0.589. The van der Waals surface area contributed by atoms with Gasteiger partial charge in [-0.05, 0) is 11.6 Å². The molecule has 1 aromatic rings. The molecular formula is C9H8O2. The van der Waals surface area contributed by atoms with E-state index in [1.165, 1.54) is 0 Å². The van der Waals surface area contributed by atoms with Crippen molar-refractivity contribution >= 4 is 12.0 Å². The summed E-state index contributed by atoms with van der Waals surface area (Å²) < 4.78 is 51.6. The Balaban J connectivity index is 3.73. The zero-order valence-corrected chi connectivity index (χ0v) is 5.36. The fourth-order valence-electron chi connectivity index (χ4n) is 0.428. The Bertz CT molecular complexity index is 536. The number of hydrogen-bond donors (Lipinski definition) is 1. The molecule has 0 spiro atoms. The molecule has 0 saturated heterocycles. The van der Waals surface area contributed by atoms with Crippen LogP contribution in [-0.2, 0) is 4.79 Å². The van der Waals surface area contributed by atoms with E-state index >= 15 is 0 Å². The van der Waals surface area contributed by atoms with Gasteiger partial charge in [-0.15, -0.1) is 0 Å². The van der Waals surface area contributed by atoms with Gasteiger partial charge in [0.2, 0.25) is 0 Å². The summed E-state index contributed by atoms with van der Waals surface area (Å²) in [5.74, 6) is -1.70. The van der Waals surface area contributed by atoms with Gasteiger partial charge in [0.05, 0.1) is 9.60 Å². The highest BCUT2D eigenvalue weighted by Gasteiger charge is 1.85. The van der Waals surface area contributed by atoms with Gasteiger partial charge in [-0.3, -0.25) is 0 Å². The lowest BCUT2D eigenvalue weighted by atomic mass is 10.2. The van der Waals surface area contributed by atoms with Crippen molar-refractivity contribution in [1.82, 2.24) is 0 Å². The average molecular weight is 155 g/mol. The van der Waals surface area contributed by atoms with Crippen molar-refractivity contribution < 1.29 is 19.5 Å². The molecule has 0 aliphatic carbocycles. The molecule has 1 N–H and O–H groups in total. The smallest absolute Gasteiger partial charge is 0.328 e. The lowest BCUT2D eigenvalue weighted by Crippen LogP contribution is -1.85. The van der Waals surface area contributed by atoms with Crippen molar-refractivity contribution in [2.75, 3.05) is 0 Å². The first-order valence-corrected chi connectivity index (χ1v) is 2.68. The van der Waals surface area contributed by atoms with Crippen molar-refractivity contribution in [1.29, 1.82) is 0 Å². The largest absolute Gasteiger partial charge is 0.478 e. The number of hydrogen-bond acceptors (Lipinski definition) is 1. The molecule has 1 aromatic carbocycles. The molecular weight excluding hydrogens is 140 g/mol. The lowest BCUT2D eigenvalue weighted by Gasteiger charge is -1.87. The highest BCUT2D eigenvalue weighted by Crippen LogP contribution is 1.99. The maximum absolute atomic E-state index is 10.6. The van der Waals surface area contributed by atoms with Crippen molar-refractivity contribution in [3.05, 3.63) is 41.8 Å². The van der Waals surface area contributed by atoms with E-state index in [1.54, 1.807) is 0 Å². The van der Waals surface area contributed by atoms with Crippen LogP contribution in [-0.4, -0.2) is 11.1 Å². The van der Waals surface area contributed by atoms with E-state index in [2.05, 4.69) is 0 Å². The average Bonchev–Trinajstić information content (AvgIpc) is 2.32. The van der Waals surface area contributed by atoms with Crippen molar-refractivity contribution in [2.45, 2.75) is 0 Å². The van der Waals surface area contributed by atoms with E-state index in [-0.39, 0.29) is 0 Å². The summed E-state index contributed by atoms with van der Waals surface area (Å²) in [6, 6.07) is -5.42. The summed E-state index contributed by atoms with van der Waals surface area (Å²) in [6.45, 7) is 0. The van der Waals surface area contributed by atoms with Crippen LogP contribution in [0.25, 0.3) is 6.05 Å². The Morgan fingerprint density at radius 3 is 2.73 bits per heavy atom. The molecule has 1 rings (SSSR count). The predicted octanol–water partition coefficient (Wildman–Crippen LogP) is 1.78. The van der Waals surface area contributed by atoms with Gasteiger partial charge in [-0.1, -0.05) is 30.2 Å². The lowest BCUT2D eigenvalue weighted by molar-refractivity contribution is -0.131. The number of carboxylic acids is 1. The van der Waals surface area contributed by atoms with Crippen LogP contribution >= 0.6 is 0 Å². The number of carbonyl (C=O) groups is 1. The second kappa shape index (κ2) is 3.56. The van der Waals surface area contributed by atoms with E-state index in [0.717, 1.165) is 0 Å². The first-order chi connectivity index (χ1) is 8.20. The van der Waals surface area contributed by atoms with E-state index < -0.39 is 53.8 Å². The Hall–Kier alpha value is -1.57. The van der Waals surface area contributed by atoms with Crippen molar-refractivity contribution in [3.8, 4) is 0 Å². The van der Waals surface area contributed by atoms with Crippen LogP contribution in [0.1, 0.15) is 15.2 Å². The number of rotatable bonds is 2. The standard InChI is InChI=1S/C9H8O2/c10-9(11)7-6-8-4-2-1-3-5-8/h1-7H,(H,10,11)/i1D,2D,3D,4D,5D,6D,7D. The minimum atomic E-state index is -1.70. The third-order valence-corrected chi connectivity index (χ3v) is 0.794. The highest BCUT2D eigenvalue weighted by atomic mass is 16.4. The molecule has 2 heteroatoms. The number of carboxylic acid groups (broad SMARTS) is 1. The van der Waals surface area contributed by atoms with Gasteiger partial charge in [-0.2, -0.15) is 0 Å². The van der Waals surface area contributed by atoms with E-state index in [9.17, 15) is 4.79 Å². The van der Waals surface area contributed by atoms with Crippen LogP contribution in [0.3, 0.4) is 0 Å². The number of aliphatic carboxylic acids is 1. The van der Waals surface area contributed by atoms with Gasteiger partial charge >= 0.3 is 5.97 Å². The molecule has 0 radical (unpaired) electrons. The Labute approximate surface area is 74.6 Å². The van der Waals surface area contributed by atoms with Crippen LogP contribution in [0.15, 0.2) is 36.3 Å². The molecule has 0 aliphatic rings. The van der Waals surface area contributed by atoms with Gasteiger partial charge in [0.1, 0.15) is 0 Å². The number of benzene rings is 1. The molecule has 2 nitrogen and oxygen atoms in total. The van der Waals surface area contributed by atoms with Gasteiger partial charge in [0.25, 0.3) is 0 Å². The van der Waals surface area contributed by atoms with Gasteiger partial charge in [0, 0.05) is 6.05 Å². The summed E-state index contributed by atoms with van der Waals surface area (Å²) in [7, 11) is 0. The van der Waals surface area contributed by atoms with Crippen LogP contribution in [0.5, 0.6) is 0 Å². The van der Waals surface area contributed by atoms with Crippen LogP contribution < -0.4 is 0 Å². The van der Waals surface area contributed by atoms with Crippen LogP contribution in [0, 0.1) is 0 Å². The molecule has 0 saturated carbocycles. The van der Waals surface area contributed by atoms with Crippen molar-refractivity contribution in [3.63, 3.8) is 0 Å². The Morgan fingerprint density at radius 1 is 1.55 bits per heavy atom. The molecule has 0 aromatic heterocycles. The fourth-order valence-corrected chi connectivity index (χ4v) is 0.428. The quantitative estimate of drug-likeness (QED) is 0.661. The molecule has 0 atom stereocenters. The van der Waals surface area contributed by atoms with Crippen molar-refractivity contribution in [2.24, 2.45) is 0 Å². The first-order valence-electron chi connectivity index (χ1n) is 6.18. The summed E-state index contributed by atoms with van der Waals surface area (Å²) in [4.78, 5) is 10.6. The first kappa shape index (κ1) is 2.48. The normalized spacial score (nSPS) is 20.9. The molecule has 0 amide bonds. The van der Waals surface area contributed by atoms with Gasteiger partial charge in [0.15, 0.2) is 0 Å². The fraction of sp³-hybridized carbons (Fsp3) is 0. The maximum atomic E-state index is 10.6. The van der Waals surface area contributed by atoms with E-state index in [1.807, 2.05) is 0 Å². The zero-order chi connectivity index (χ0) is 14.2. The third kappa shape index (κ3) is 2.67. The molecule has 56 valence electrons. The SMILES string of the molecule is [2H]C(C(=O)O)=C([2H])c1c([2H])c([2H])c([2H])c([2H])c1[2H]. The monoisotopic (exact) mass is 155 g/mol. The minimum Gasteiger partial charge on any atom is -0.478 e. The molecule has 11 heavy (non-hydrogen) atoms. The highest BCUT2D eigenvalue weighted by molar-refractivity contribution is 5.85. The topological polar surface area (TPSA) is 37.3 Å². The van der Waals surface area contributed by atoms with E-state index in [4.69, 9.17) is 14.7 Å². The predicted molar refractivity (Wildman–Crippen MR) is 43.1 cm³/mol. The zero-order valence-electron chi connectivity index (χ0n) is 12.4. The Morgan fingerprint density at radius 2 is 2.18 bits per heavy atom. The Kier molecular flexibility index (Phi) is 0.804. The molecule has 0 aliphatic heterocycles.